The zero-order valence-electron chi connectivity index (χ0n) is 7.65. The Balaban J connectivity index is 2.90. The number of carboxylic acid groups (broad SMARTS) is 1. The van der Waals surface area contributed by atoms with Crippen molar-refractivity contribution in [2.24, 2.45) is 0 Å². The second-order valence-corrected chi connectivity index (χ2v) is 2.72. The van der Waals surface area contributed by atoms with Gasteiger partial charge in [-0.05, 0) is 11.6 Å². The van der Waals surface area contributed by atoms with E-state index in [0.29, 0.717) is 5.56 Å². The Bertz CT molecular complexity index is 404. The van der Waals surface area contributed by atoms with Crippen LogP contribution in [0.2, 0.25) is 0 Å². The smallest absolute Gasteiger partial charge is 0.341 e. The van der Waals surface area contributed by atoms with Crippen LogP contribution in [0.25, 0.3) is 6.08 Å². The summed E-state index contributed by atoms with van der Waals surface area (Å²) in [5.74, 6) is -1.64. The van der Waals surface area contributed by atoms with Gasteiger partial charge in [0.2, 0.25) is 0 Å². The molecule has 0 amide bonds. The number of rotatable bonds is 3. The molecule has 4 heteroatoms. The maximum atomic E-state index is 12.1. The van der Waals surface area contributed by atoms with E-state index >= 15 is 0 Å². The van der Waals surface area contributed by atoms with Crippen molar-refractivity contribution < 1.29 is 18.7 Å². The lowest BCUT2D eigenvalue weighted by atomic mass is 10.2. The lowest BCUT2D eigenvalue weighted by Gasteiger charge is -1.93. The van der Waals surface area contributed by atoms with Crippen LogP contribution >= 0.6 is 0 Å². The van der Waals surface area contributed by atoms with E-state index in [9.17, 15) is 13.6 Å². The van der Waals surface area contributed by atoms with Gasteiger partial charge in [0.05, 0.1) is 0 Å². The molecule has 0 heterocycles. The summed E-state index contributed by atoms with van der Waals surface area (Å²) in [6.07, 6.45) is 0.00461. The molecule has 0 aliphatic rings. The Hall–Kier alpha value is -1.97. The number of carbonyl (C=O) groups is 1. The Morgan fingerprint density at radius 3 is 2.27 bits per heavy atom. The summed E-state index contributed by atoms with van der Waals surface area (Å²) in [4.78, 5) is 10.4. The van der Waals surface area contributed by atoms with E-state index in [0.717, 1.165) is 6.08 Å². The summed E-state index contributed by atoms with van der Waals surface area (Å²) in [5, 5.41) is 8.43. The Morgan fingerprint density at radius 1 is 1.20 bits per heavy atom. The fraction of sp³-hybridized carbons (Fsp3) is 0. The second kappa shape index (κ2) is 5.05. The lowest BCUT2D eigenvalue weighted by Crippen LogP contribution is -1.98. The van der Waals surface area contributed by atoms with Crippen LogP contribution in [0.4, 0.5) is 8.78 Å². The number of benzene rings is 1. The number of carboxylic acids is 1. The van der Waals surface area contributed by atoms with Crippen molar-refractivity contribution in [1.29, 1.82) is 0 Å². The van der Waals surface area contributed by atoms with Gasteiger partial charge in [0.15, 0.2) is 0 Å². The average molecular weight is 210 g/mol. The van der Waals surface area contributed by atoms with Crippen LogP contribution < -0.4 is 0 Å². The predicted molar refractivity (Wildman–Crippen MR) is 52.4 cm³/mol. The standard InChI is InChI=1S/C11H8F2O2/c12-10(13)9(11(14)15)7-6-8-4-2-1-3-5-8/h1-7H,(H,14,15). The van der Waals surface area contributed by atoms with Crippen molar-refractivity contribution in [2.75, 3.05) is 0 Å². The van der Waals surface area contributed by atoms with Crippen LogP contribution in [0.1, 0.15) is 5.56 Å². The van der Waals surface area contributed by atoms with E-state index in [1.165, 1.54) is 6.08 Å². The van der Waals surface area contributed by atoms with Crippen molar-refractivity contribution in [3.05, 3.63) is 53.6 Å². The molecular weight excluding hydrogens is 202 g/mol. The minimum absolute atomic E-state index is 0.664. The average Bonchev–Trinajstić information content (AvgIpc) is 2.18. The molecule has 0 unspecified atom stereocenters. The van der Waals surface area contributed by atoms with Crippen LogP contribution in [0.15, 0.2) is 48.1 Å². The summed E-state index contributed by atoms with van der Waals surface area (Å²) in [6, 6.07) is 8.62. The zero-order chi connectivity index (χ0) is 11.3. The van der Waals surface area contributed by atoms with Gasteiger partial charge in [0.25, 0.3) is 6.08 Å². The molecule has 1 aromatic rings. The first-order chi connectivity index (χ1) is 7.11. The first-order valence-corrected chi connectivity index (χ1v) is 4.13. The van der Waals surface area contributed by atoms with E-state index < -0.39 is 17.6 Å². The van der Waals surface area contributed by atoms with E-state index in [1.54, 1.807) is 30.3 Å². The first-order valence-electron chi connectivity index (χ1n) is 4.13. The highest BCUT2D eigenvalue weighted by molar-refractivity contribution is 5.91. The highest BCUT2D eigenvalue weighted by atomic mass is 19.3. The second-order valence-electron chi connectivity index (χ2n) is 2.72. The summed E-state index contributed by atoms with van der Waals surface area (Å²) >= 11 is 0. The Kier molecular flexibility index (Phi) is 3.74. The van der Waals surface area contributed by atoms with Crippen LogP contribution in [-0.4, -0.2) is 11.1 Å². The SMILES string of the molecule is O=C(O)C(C=Cc1ccccc1)=C(F)F. The van der Waals surface area contributed by atoms with Gasteiger partial charge in [-0.1, -0.05) is 36.4 Å². The van der Waals surface area contributed by atoms with E-state index in [-0.39, 0.29) is 0 Å². The highest BCUT2D eigenvalue weighted by Crippen LogP contribution is 2.11. The predicted octanol–water partition coefficient (Wildman–Crippen LogP) is 2.94. The summed E-state index contributed by atoms with van der Waals surface area (Å²) in [5.41, 5.74) is -0.323. The molecule has 0 bridgehead atoms. The molecule has 1 rings (SSSR count). The third-order valence-electron chi connectivity index (χ3n) is 1.68. The van der Waals surface area contributed by atoms with Crippen molar-refractivity contribution in [2.45, 2.75) is 0 Å². The highest BCUT2D eigenvalue weighted by Gasteiger charge is 2.10. The summed E-state index contributed by atoms with van der Waals surface area (Å²) in [6.45, 7) is 0. The monoisotopic (exact) mass is 210 g/mol. The minimum atomic E-state index is -2.20. The van der Waals surface area contributed by atoms with Crippen LogP contribution in [-0.2, 0) is 4.79 Å². The molecule has 0 spiro atoms. The summed E-state index contributed by atoms with van der Waals surface area (Å²) < 4.78 is 24.2. The molecule has 0 atom stereocenters. The van der Waals surface area contributed by atoms with Crippen LogP contribution in [0.5, 0.6) is 0 Å². The van der Waals surface area contributed by atoms with E-state index in [2.05, 4.69) is 0 Å². The molecule has 1 aromatic carbocycles. The molecule has 0 radical (unpaired) electrons. The molecule has 0 aliphatic heterocycles. The van der Waals surface area contributed by atoms with Crippen molar-refractivity contribution in [3.63, 3.8) is 0 Å². The third-order valence-corrected chi connectivity index (χ3v) is 1.68. The fourth-order valence-electron chi connectivity index (χ4n) is 0.959. The van der Waals surface area contributed by atoms with Crippen molar-refractivity contribution in [1.82, 2.24) is 0 Å². The van der Waals surface area contributed by atoms with E-state index in [1.807, 2.05) is 0 Å². The van der Waals surface area contributed by atoms with Crippen molar-refractivity contribution >= 4 is 12.0 Å². The maximum absolute atomic E-state index is 12.1. The molecule has 0 fully saturated rings. The topological polar surface area (TPSA) is 37.3 Å². The quantitative estimate of drug-likeness (QED) is 0.615. The van der Waals surface area contributed by atoms with Gasteiger partial charge in [0.1, 0.15) is 5.57 Å². The van der Waals surface area contributed by atoms with Gasteiger partial charge in [-0.2, -0.15) is 8.78 Å². The van der Waals surface area contributed by atoms with Gasteiger partial charge in [0, 0.05) is 0 Å². The molecule has 15 heavy (non-hydrogen) atoms. The first kappa shape index (κ1) is 11.1. The third kappa shape index (κ3) is 3.34. The number of hydrogen-bond donors (Lipinski definition) is 1. The van der Waals surface area contributed by atoms with Gasteiger partial charge in [-0.3, -0.25) is 0 Å². The number of aliphatic carboxylic acids is 1. The van der Waals surface area contributed by atoms with E-state index in [4.69, 9.17) is 5.11 Å². The molecule has 0 aliphatic carbocycles. The minimum Gasteiger partial charge on any atom is -0.477 e. The van der Waals surface area contributed by atoms with Gasteiger partial charge in [-0.25, -0.2) is 4.79 Å². The number of hydrogen-bond acceptors (Lipinski definition) is 1. The molecule has 0 aromatic heterocycles. The zero-order valence-corrected chi connectivity index (χ0v) is 7.65. The van der Waals surface area contributed by atoms with Gasteiger partial charge in [-0.15, -0.1) is 0 Å². The molecule has 1 N–H and O–H groups in total. The normalized spacial score (nSPS) is 10.3. The molecule has 0 saturated carbocycles. The largest absolute Gasteiger partial charge is 0.477 e. The molecule has 78 valence electrons. The molecular formula is C11H8F2O2. The maximum Gasteiger partial charge on any atom is 0.341 e. The lowest BCUT2D eigenvalue weighted by molar-refractivity contribution is -0.132. The number of halogens is 2. The van der Waals surface area contributed by atoms with Gasteiger partial charge >= 0.3 is 5.97 Å². The molecule has 2 nitrogen and oxygen atoms in total. The fourth-order valence-corrected chi connectivity index (χ4v) is 0.959. The Labute approximate surface area is 85.2 Å². The Morgan fingerprint density at radius 2 is 1.80 bits per heavy atom. The summed E-state index contributed by atoms with van der Waals surface area (Å²) in [7, 11) is 0. The van der Waals surface area contributed by atoms with Crippen LogP contribution in [0.3, 0.4) is 0 Å². The van der Waals surface area contributed by atoms with Crippen LogP contribution in [0, 0.1) is 0 Å². The van der Waals surface area contributed by atoms with Gasteiger partial charge < -0.3 is 5.11 Å². The van der Waals surface area contributed by atoms with Crippen molar-refractivity contribution in [3.8, 4) is 0 Å². The molecule has 0 saturated heterocycles.